The predicted octanol–water partition coefficient (Wildman–Crippen LogP) is 0.696. The second kappa shape index (κ2) is 8.82. The maximum absolute atomic E-state index is 7.51. The van der Waals surface area contributed by atoms with Crippen molar-refractivity contribution in [1.82, 2.24) is 0 Å². The molecule has 0 aromatic rings. The van der Waals surface area contributed by atoms with E-state index >= 15 is 0 Å². The van der Waals surface area contributed by atoms with E-state index in [9.17, 15) is 0 Å². The Morgan fingerprint density at radius 3 is 2.00 bits per heavy atom. The van der Waals surface area contributed by atoms with Crippen molar-refractivity contribution in [2.45, 2.75) is 0 Å². The fourth-order valence-electron chi connectivity index (χ4n) is 0. The van der Waals surface area contributed by atoms with Gasteiger partial charge in [0.25, 0.3) is 0 Å². The van der Waals surface area contributed by atoms with E-state index in [4.69, 9.17) is 5.26 Å². The first-order valence-corrected chi connectivity index (χ1v) is 0.921. The van der Waals surface area contributed by atoms with Crippen molar-refractivity contribution in [1.29, 1.82) is 5.26 Å². The van der Waals surface area contributed by atoms with Crippen LogP contribution in [0, 0.1) is 49.1 Å². The van der Waals surface area contributed by atoms with Crippen LogP contribution in [0.15, 0.2) is 12.7 Å². The molecule has 1 nitrogen and oxygen atoms in total. The summed E-state index contributed by atoms with van der Waals surface area (Å²) in [5.74, 6) is 0. The third-order valence-corrected chi connectivity index (χ3v) is 0.0913. The van der Waals surface area contributed by atoms with E-state index in [1.807, 2.05) is 0 Å². The predicted molar refractivity (Wildman–Crippen MR) is 15.8 cm³/mol. The van der Waals surface area contributed by atoms with Crippen molar-refractivity contribution in [3.05, 3.63) is 12.7 Å². The number of hydrogen-bond acceptors (Lipinski definition) is 1. The zero-order valence-electron chi connectivity index (χ0n) is 2.59. The first-order valence-electron chi connectivity index (χ1n) is 0.921. The number of nitrogens with zero attached hydrogens (tertiary/aromatic N) is 1. The van der Waals surface area contributed by atoms with Crippen LogP contribution in [0.4, 0.5) is 0 Å². The molecule has 0 N–H and O–H groups in total. The molecule has 0 saturated carbocycles. The van der Waals surface area contributed by atoms with Crippen molar-refractivity contribution in [2.24, 2.45) is 0 Å². The summed E-state index contributed by atoms with van der Waals surface area (Å²) in [6, 6.07) is 1.69. The van der Waals surface area contributed by atoms with Gasteiger partial charge in [-0.2, -0.15) is 5.26 Å². The minimum Gasteiger partial charge on any atom is -0.193 e. The third kappa shape index (κ3) is 12.5. The summed E-state index contributed by atoms with van der Waals surface area (Å²) in [6.07, 6.45) is 1.18. The van der Waals surface area contributed by atoms with Gasteiger partial charge in [0.1, 0.15) is 0 Å². The maximum atomic E-state index is 7.51. The Hall–Kier alpha value is 0.490. The Balaban J connectivity index is 0. The standard InChI is InChI=1S/C3H3N.Ar/c1-2-3-4;/h2H,1H2;. The molecule has 28 valence electrons. The molecule has 0 aromatic heterocycles. The number of nitriles is 1. The van der Waals surface area contributed by atoms with E-state index in [2.05, 4.69) is 6.58 Å². The van der Waals surface area contributed by atoms with E-state index in [0.29, 0.717) is 0 Å². The van der Waals surface area contributed by atoms with Crippen molar-refractivity contribution < 1.29 is 37.7 Å². The molecule has 0 aliphatic rings. The minimum atomic E-state index is 0. The van der Waals surface area contributed by atoms with Gasteiger partial charge in [-0.05, 0) is 0 Å². The zero-order valence-corrected chi connectivity index (χ0v) is 3.29. The van der Waals surface area contributed by atoms with Crippen LogP contribution < -0.4 is 0 Å². The van der Waals surface area contributed by atoms with Gasteiger partial charge in [0.2, 0.25) is 0 Å². The summed E-state index contributed by atoms with van der Waals surface area (Å²) < 4.78 is 0. The van der Waals surface area contributed by atoms with Crippen LogP contribution in [0.3, 0.4) is 0 Å². The third-order valence-electron chi connectivity index (χ3n) is 0.0913. The van der Waals surface area contributed by atoms with Crippen molar-refractivity contribution >= 4 is 0 Å². The van der Waals surface area contributed by atoms with Crippen LogP contribution in [0.1, 0.15) is 0 Å². The van der Waals surface area contributed by atoms with Crippen LogP contribution >= 0.6 is 0 Å². The Bertz CT molecular complexity index is 52.4. The fourth-order valence-corrected chi connectivity index (χ4v) is 0. The maximum Gasteiger partial charge on any atom is 0.0905 e. The van der Waals surface area contributed by atoms with Crippen LogP contribution in [-0.2, 0) is 0 Å². The zero-order chi connectivity index (χ0) is 3.41. The van der Waals surface area contributed by atoms with Crippen LogP contribution in [-0.4, -0.2) is 0 Å². The summed E-state index contributed by atoms with van der Waals surface area (Å²) in [5, 5.41) is 7.51. The van der Waals surface area contributed by atoms with Crippen molar-refractivity contribution in [3.8, 4) is 6.07 Å². The molecule has 0 rings (SSSR count). The van der Waals surface area contributed by atoms with E-state index < -0.39 is 0 Å². The van der Waals surface area contributed by atoms with E-state index in [1.165, 1.54) is 6.08 Å². The van der Waals surface area contributed by atoms with Gasteiger partial charge < -0.3 is 0 Å². The average Bonchev–Trinajstić information content (AvgIpc) is 1.37. The SMILES string of the molecule is C=CC#N.[Ar]. The quantitative estimate of drug-likeness (QED) is 0.404. The molecule has 0 fully saturated rings. The molecule has 0 spiro atoms. The molecule has 0 heterocycles. The topological polar surface area (TPSA) is 23.8 Å². The Morgan fingerprint density at radius 2 is 2.00 bits per heavy atom. The molecule has 0 saturated heterocycles. The number of hydrogen-bond donors (Lipinski definition) is 0. The molecular weight excluding hydrogens is 90.0 g/mol. The first kappa shape index (κ1) is 9.09. The Morgan fingerprint density at radius 1 is 1.80 bits per heavy atom. The van der Waals surface area contributed by atoms with E-state index in [0.717, 1.165) is 0 Å². The first-order chi connectivity index (χ1) is 1.91. The molecular formula is C3H3ArN. The Labute approximate surface area is 61.3 Å². The number of allylic oxidation sites excluding steroid dienone is 1. The molecule has 2 heteroatoms. The van der Waals surface area contributed by atoms with Crippen molar-refractivity contribution in [3.63, 3.8) is 0 Å². The largest absolute Gasteiger partial charge is 0.193 e. The van der Waals surface area contributed by atoms with Crippen LogP contribution in [0.5, 0.6) is 0 Å². The molecule has 5 heavy (non-hydrogen) atoms. The number of rotatable bonds is 0. The molecule has 0 aliphatic carbocycles. The van der Waals surface area contributed by atoms with Gasteiger partial charge in [-0.1, -0.05) is 6.58 Å². The molecule has 0 aliphatic heterocycles. The summed E-state index contributed by atoms with van der Waals surface area (Å²) in [6.45, 7) is 3.12. The van der Waals surface area contributed by atoms with Gasteiger partial charge >= 0.3 is 0 Å². The summed E-state index contributed by atoms with van der Waals surface area (Å²) >= 11 is 0. The van der Waals surface area contributed by atoms with Gasteiger partial charge in [0.05, 0.1) is 6.07 Å². The summed E-state index contributed by atoms with van der Waals surface area (Å²) in [7, 11) is 0. The molecule has 0 amide bonds. The molecule has 0 atom stereocenters. The minimum absolute atomic E-state index is 0. The molecule has 0 aromatic carbocycles. The average molecular weight is 93.0 g/mol. The van der Waals surface area contributed by atoms with Gasteiger partial charge in [-0.3, -0.25) is 0 Å². The van der Waals surface area contributed by atoms with Crippen LogP contribution in [0.2, 0.25) is 0 Å². The smallest absolute Gasteiger partial charge is 0.0905 e. The Kier molecular flexibility index (Phi) is 16.0. The summed E-state index contributed by atoms with van der Waals surface area (Å²) in [4.78, 5) is 0. The second-order valence-electron chi connectivity index (χ2n) is 0.333. The van der Waals surface area contributed by atoms with Gasteiger partial charge in [0.15, 0.2) is 0 Å². The second-order valence-corrected chi connectivity index (χ2v) is 0.333. The molecule has 0 bridgehead atoms. The van der Waals surface area contributed by atoms with Crippen LogP contribution in [0.25, 0.3) is 0 Å². The van der Waals surface area contributed by atoms with Crippen molar-refractivity contribution in [2.75, 3.05) is 0 Å². The van der Waals surface area contributed by atoms with E-state index in [-0.39, 0.29) is 37.7 Å². The molecule has 0 unspecified atom stereocenters. The van der Waals surface area contributed by atoms with Gasteiger partial charge in [0, 0.05) is 43.8 Å². The van der Waals surface area contributed by atoms with Gasteiger partial charge in [-0.15, -0.1) is 0 Å². The molecule has 0 radical (unpaired) electrons. The van der Waals surface area contributed by atoms with Gasteiger partial charge in [-0.25, -0.2) is 0 Å². The monoisotopic (exact) mass is 93.0 g/mol. The van der Waals surface area contributed by atoms with E-state index in [1.54, 1.807) is 6.07 Å². The fraction of sp³-hybridized carbons (Fsp3) is 0. The summed E-state index contributed by atoms with van der Waals surface area (Å²) in [5.41, 5.74) is 0. The normalized spacial score (nSPS) is 3.00.